The fourth-order valence-corrected chi connectivity index (χ4v) is 4.89. The van der Waals surface area contributed by atoms with Gasteiger partial charge >= 0.3 is 0 Å². The molecule has 3 heterocycles. The Kier molecular flexibility index (Phi) is 8.48. The lowest BCUT2D eigenvalue weighted by atomic mass is 9.84. The van der Waals surface area contributed by atoms with Gasteiger partial charge in [0.2, 0.25) is 0 Å². The molecule has 3 N–H and O–H groups in total. The van der Waals surface area contributed by atoms with Crippen LogP contribution in [-0.4, -0.2) is 47.9 Å². The van der Waals surface area contributed by atoms with Gasteiger partial charge in [-0.1, -0.05) is 55.8 Å². The highest BCUT2D eigenvalue weighted by molar-refractivity contribution is 6.45. The zero-order valence-electron chi connectivity index (χ0n) is 20.6. The Hall–Kier alpha value is -3.25. The highest BCUT2D eigenvalue weighted by Gasteiger charge is 2.35. The standard InChI is InChI=1S/C29H36N4O2/c1-2-3-9-26(30)25(18-27(31)29(34)32-28-19-33-16-14-23(28)15-17-33)22-10-12-24(13-11-22)35-20-21-7-5-4-6-8-21/h4-8,10-13,18,23,28,30-31H,2-3,9,14-17,19-20H2,1H3,(H,32,34)/b25-18-,30-26?,31-27?/t28-/m0/s1. The van der Waals surface area contributed by atoms with Crippen LogP contribution in [-0.2, 0) is 11.4 Å². The molecule has 0 saturated carbocycles. The molecule has 2 aromatic carbocycles. The summed E-state index contributed by atoms with van der Waals surface area (Å²) >= 11 is 0. The molecule has 1 amide bonds. The Morgan fingerprint density at radius 1 is 1.09 bits per heavy atom. The Labute approximate surface area is 208 Å². The van der Waals surface area contributed by atoms with Crippen molar-refractivity contribution < 1.29 is 9.53 Å². The van der Waals surface area contributed by atoms with Gasteiger partial charge in [-0.25, -0.2) is 0 Å². The molecule has 3 saturated heterocycles. The van der Waals surface area contributed by atoms with Crippen LogP contribution in [0.15, 0.2) is 60.7 Å². The molecule has 0 spiro atoms. The van der Waals surface area contributed by atoms with Crippen LogP contribution in [0.25, 0.3) is 5.57 Å². The van der Waals surface area contributed by atoms with E-state index in [0.717, 1.165) is 62.2 Å². The van der Waals surface area contributed by atoms with Crippen molar-refractivity contribution in [3.8, 4) is 5.75 Å². The number of hydrogen-bond donors (Lipinski definition) is 3. The van der Waals surface area contributed by atoms with Crippen LogP contribution in [0.3, 0.4) is 0 Å². The molecule has 0 unspecified atom stereocenters. The van der Waals surface area contributed by atoms with E-state index in [1.54, 1.807) is 6.08 Å². The predicted molar refractivity (Wildman–Crippen MR) is 141 cm³/mol. The largest absolute Gasteiger partial charge is 0.489 e. The van der Waals surface area contributed by atoms with Crippen molar-refractivity contribution >= 4 is 22.9 Å². The SMILES string of the molecule is CCCCC(=N)/C(=C\C(=N)C(=O)N[C@H]1CN2CCC1CC2)c1ccc(OCc2ccccc2)cc1. The molecule has 0 aromatic heterocycles. The summed E-state index contributed by atoms with van der Waals surface area (Å²) < 4.78 is 5.90. The summed E-state index contributed by atoms with van der Waals surface area (Å²) in [6.45, 7) is 5.67. The molecule has 6 nitrogen and oxygen atoms in total. The molecule has 1 atom stereocenters. The number of ether oxygens (including phenoxy) is 1. The molecule has 5 rings (SSSR count). The Balaban J connectivity index is 1.45. The number of piperidine rings is 3. The van der Waals surface area contributed by atoms with E-state index in [-0.39, 0.29) is 17.7 Å². The van der Waals surface area contributed by atoms with Crippen LogP contribution in [0, 0.1) is 16.7 Å². The second-order valence-corrected chi connectivity index (χ2v) is 9.57. The summed E-state index contributed by atoms with van der Waals surface area (Å²) in [6.07, 6.45) is 6.28. The molecular weight excluding hydrogens is 436 g/mol. The maximum absolute atomic E-state index is 12.9. The molecule has 3 fully saturated rings. The molecule has 184 valence electrons. The van der Waals surface area contributed by atoms with Gasteiger partial charge < -0.3 is 20.4 Å². The van der Waals surface area contributed by atoms with Gasteiger partial charge in [-0.15, -0.1) is 0 Å². The average Bonchev–Trinajstić information content (AvgIpc) is 2.90. The Morgan fingerprint density at radius 3 is 2.43 bits per heavy atom. The van der Waals surface area contributed by atoms with Gasteiger partial charge in [0.1, 0.15) is 18.1 Å². The molecule has 2 aromatic rings. The first-order valence-electron chi connectivity index (χ1n) is 12.7. The lowest BCUT2D eigenvalue weighted by Gasteiger charge is -2.44. The van der Waals surface area contributed by atoms with Crippen LogP contribution in [0.4, 0.5) is 0 Å². The lowest BCUT2D eigenvalue weighted by molar-refractivity contribution is -0.116. The number of allylic oxidation sites excluding steroid dienone is 1. The molecule has 0 radical (unpaired) electrons. The first kappa shape index (κ1) is 24.9. The summed E-state index contributed by atoms with van der Waals surface area (Å²) in [7, 11) is 0. The van der Waals surface area contributed by atoms with E-state index in [1.807, 2.05) is 54.6 Å². The Morgan fingerprint density at radius 2 is 1.80 bits per heavy atom. The topological polar surface area (TPSA) is 89.3 Å². The quantitative estimate of drug-likeness (QED) is 0.398. The third-order valence-electron chi connectivity index (χ3n) is 7.03. The maximum atomic E-state index is 12.9. The van der Waals surface area contributed by atoms with Crippen molar-refractivity contribution in [1.82, 2.24) is 10.2 Å². The van der Waals surface area contributed by atoms with Crippen LogP contribution in [0.5, 0.6) is 5.75 Å². The van der Waals surface area contributed by atoms with Gasteiger partial charge in [-0.2, -0.15) is 0 Å². The summed E-state index contributed by atoms with van der Waals surface area (Å²) in [5, 5.41) is 20.2. The third kappa shape index (κ3) is 6.67. The van der Waals surface area contributed by atoms with Crippen LogP contribution < -0.4 is 10.1 Å². The maximum Gasteiger partial charge on any atom is 0.269 e. The van der Waals surface area contributed by atoms with E-state index in [9.17, 15) is 4.79 Å². The van der Waals surface area contributed by atoms with Gasteiger partial charge in [-0.3, -0.25) is 10.2 Å². The first-order valence-corrected chi connectivity index (χ1v) is 12.7. The number of amides is 1. The fraction of sp³-hybridized carbons (Fsp3) is 0.414. The number of nitrogens with one attached hydrogen (secondary N) is 3. The predicted octanol–water partition coefficient (Wildman–Crippen LogP) is 5.09. The second kappa shape index (κ2) is 11.9. The van der Waals surface area contributed by atoms with Gasteiger partial charge in [-0.05, 0) is 74.0 Å². The minimum Gasteiger partial charge on any atom is -0.489 e. The minimum atomic E-state index is -0.354. The zero-order valence-corrected chi connectivity index (χ0v) is 20.6. The van der Waals surface area contributed by atoms with Crippen molar-refractivity contribution in [2.45, 2.75) is 51.7 Å². The smallest absolute Gasteiger partial charge is 0.269 e. The fourth-order valence-electron chi connectivity index (χ4n) is 4.89. The van der Waals surface area contributed by atoms with E-state index in [1.165, 1.54) is 0 Å². The molecule has 35 heavy (non-hydrogen) atoms. The van der Waals surface area contributed by atoms with Gasteiger partial charge in [0.15, 0.2) is 0 Å². The van der Waals surface area contributed by atoms with E-state index in [4.69, 9.17) is 15.6 Å². The summed E-state index contributed by atoms with van der Waals surface area (Å²) in [5.74, 6) is 0.894. The normalized spacial score (nSPS) is 21.4. The lowest BCUT2D eigenvalue weighted by Crippen LogP contribution is -2.58. The van der Waals surface area contributed by atoms with Crippen molar-refractivity contribution in [3.63, 3.8) is 0 Å². The summed E-state index contributed by atoms with van der Waals surface area (Å²) in [5.41, 5.74) is 2.90. The number of carbonyl (C=O) groups is 1. The van der Waals surface area contributed by atoms with Crippen LogP contribution in [0.1, 0.15) is 50.2 Å². The van der Waals surface area contributed by atoms with Gasteiger partial charge in [0.25, 0.3) is 5.91 Å². The number of benzene rings is 2. The number of unbranched alkanes of at least 4 members (excludes halogenated alkanes) is 1. The third-order valence-corrected chi connectivity index (χ3v) is 7.03. The molecule has 3 aliphatic rings. The molecule has 6 heteroatoms. The number of fused-ring (bicyclic) bond motifs is 3. The van der Waals surface area contributed by atoms with E-state index in [0.29, 0.717) is 30.2 Å². The highest BCUT2D eigenvalue weighted by atomic mass is 16.5. The van der Waals surface area contributed by atoms with E-state index in [2.05, 4.69) is 17.1 Å². The van der Waals surface area contributed by atoms with Crippen molar-refractivity contribution in [2.75, 3.05) is 19.6 Å². The number of nitrogens with zero attached hydrogens (tertiary/aromatic N) is 1. The van der Waals surface area contributed by atoms with Gasteiger partial charge in [0.05, 0.1) is 0 Å². The van der Waals surface area contributed by atoms with E-state index >= 15 is 0 Å². The molecule has 3 aliphatic heterocycles. The Bertz CT molecular complexity index is 1050. The number of hydrogen-bond acceptors (Lipinski definition) is 5. The summed E-state index contributed by atoms with van der Waals surface area (Å²) in [6, 6.07) is 17.7. The molecule has 2 bridgehead atoms. The van der Waals surface area contributed by atoms with Crippen molar-refractivity contribution in [2.24, 2.45) is 5.92 Å². The molecule has 0 aliphatic carbocycles. The van der Waals surface area contributed by atoms with Crippen molar-refractivity contribution in [3.05, 3.63) is 71.8 Å². The monoisotopic (exact) mass is 472 g/mol. The minimum absolute atomic E-state index is 0.0953. The van der Waals surface area contributed by atoms with Crippen molar-refractivity contribution in [1.29, 1.82) is 10.8 Å². The molecular formula is C29H36N4O2. The zero-order chi connectivity index (χ0) is 24.6. The first-order chi connectivity index (χ1) is 17.0. The average molecular weight is 473 g/mol. The van der Waals surface area contributed by atoms with E-state index < -0.39 is 0 Å². The number of rotatable bonds is 11. The van der Waals surface area contributed by atoms with Crippen LogP contribution in [0.2, 0.25) is 0 Å². The van der Waals surface area contributed by atoms with Crippen LogP contribution >= 0.6 is 0 Å². The summed E-state index contributed by atoms with van der Waals surface area (Å²) in [4.78, 5) is 15.3. The second-order valence-electron chi connectivity index (χ2n) is 9.57. The number of carbonyl (C=O) groups excluding carboxylic acids is 1. The van der Waals surface area contributed by atoms with Gasteiger partial charge in [0, 0.05) is 23.9 Å². The highest BCUT2D eigenvalue weighted by Crippen LogP contribution is 2.27.